The molecule has 1 fully saturated rings. The number of methoxy groups -OCH3 is 1. The third-order valence-electron chi connectivity index (χ3n) is 3.94. The Balaban J connectivity index is 2.14. The third-order valence-corrected chi connectivity index (χ3v) is 3.94. The molecule has 2 rings (SSSR count). The van der Waals surface area contributed by atoms with Crippen LogP contribution in [-0.2, 0) is 11.2 Å². The highest BCUT2D eigenvalue weighted by atomic mass is 16.7. The van der Waals surface area contributed by atoms with E-state index in [2.05, 4.69) is 0 Å². The van der Waals surface area contributed by atoms with E-state index < -0.39 is 37.3 Å². The van der Waals surface area contributed by atoms with Crippen LogP contribution in [0.25, 0.3) is 0 Å². The molecule has 0 bridgehead atoms. The van der Waals surface area contributed by atoms with E-state index in [9.17, 15) is 20.4 Å². The quantitative estimate of drug-likeness (QED) is 0.389. The van der Waals surface area contributed by atoms with Gasteiger partial charge in [-0.1, -0.05) is 6.07 Å². The SMILES string of the molecule is COc1cc(C[13CH2][13CH2]O)ccc1O[C@@H]1O[C@H](CO)[C@@H](O)[C@H](O)[C@H]1O. The van der Waals surface area contributed by atoms with Gasteiger partial charge in [-0.2, -0.15) is 0 Å². The van der Waals surface area contributed by atoms with Crippen LogP contribution in [0.3, 0.4) is 0 Å². The first-order chi connectivity index (χ1) is 11.5. The summed E-state index contributed by atoms with van der Waals surface area (Å²) in [5.41, 5.74) is 0.946. The summed E-state index contributed by atoms with van der Waals surface area (Å²) in [4.78, 5) is 0. The lowest BCUT2D eigenvalue weighted by Crippen LogP contribution is -2.60. The molecule has 0 aromatic heterocycles. The van der Waals surface area contributed by atoms with E-state index in [0.717, 1.165) is 5.56 Å². The molecule has 0 amide bonds. The number of aliphatic hydroxyl groups excluding tert-OH is 5. The van der Waals surface area contributed by atoms with Gasteiger partial charge in [0.15, 0.2) is 11.5 Å². The number of aryl methyl sites for hydroxylation is 1. The molecule has 1 aromatic rings. The zero-order chi connectivity index (χ0) is 17.7. The molecule has 0 aliphatic carbocycles. The molecule has 0 unspecified atom stereocenters. The van der Waals surface area contributed by atoms with Crippen LogP contribution in [0, 0.1) is 0 Å². The van der Waals surface area contributed by atoms with Gasteiger partial charge in [-0.05, 0) is 30.5 Å². The van der Waals surface area contributed by atoms with Gasteiger partial charge in [0.1, 0.15) is 24.4 Å². The molecule has 1 aliphatic rings. The minimum absolute atomic E-state index is 0.0887. The van der Waals surface area contributed by atoms with Crippen molar-refractivity contribution in [1.29, 1.82) is 0 Å². The van der Waals surface area contributed by atoms with Crippen LogP contribution in [-0.4, -0.2) is 76.6 Å². The molecular formula is C16H24O8. The van der Waals surface area contributed by atoms with Crippen molar-refractivity contribution in [2.24, 2.45) is 0 Å². The summed E-state index contributed by atoms with van der Waals surface area (Å²) in [6.45, 7) is -0.437. The van der Waals surface area contributed by atoms with Crippen molar-refractivity contribution in [3.05, 3.63) is 23.8 Å². The maximum absolute atomic E-state index is 10.0. The molecule has 5 atom stereocenters. The molecule has 24 heavy (non-hydrogen) atoms. The van der Waals surface area contributed by atoms with Gasteiger partial charge in [0, 0.05) is 6.61 Å². The molecule has 136 valence electrons. The predicted molar refractivity (Wildman–Crippen MR) is 82.8 cm³/mol. The Bertz CT molecular complexity index is 521. The molecule has 1 heterocycles. The Morgan fingerprint density at radius 3 is 2.42 bits per heavy atom. The second kappa shape index (κ2) is 8.61. The first-order valence-electron chi connectivity index (χ1n) is 7.76. The van der Waals surface area contributed by atoms with Crippen molar-refractivity contribution < 1.29 is 39.7 Å². The van der Waals surface area contributed by atoms with E-state index >= 15 is 0 Å². The maximum Gasteiger partial charge on any atom is 0.229 e. The van der Waals surface area contributed by atoms with Crippen LogP contribution in [0.4, 0.5) is 0 Å². The van der Waals surface area contributed by atoms with Gasteiger partial charge in [-0.25, -0.2) is 0 Å². The highest BCUT2D eigenvalue weighted by molar-refractivity contribution is 5.43. The van der Waals surface area contributed by atoms with Gasteiger partial charge in [-0.3, -0.25) is 0 Å². The Hall–Kier alpha value is -1.42. The molecule has 0 radical (unpaired) electrons. The summed E-state index contributed by atoms with van der Waals surface area (Å²) in [5, 5.41) is 47.6. The fourth-order valence-corrected chi connectivity index (χ4v) is 2.54. The molecule has 0 spiro atoms. The van der Waals surface area contributed by atoms with E-state index in [1.807, 2.05) is 0 Å². The van der Waals surface area contributed by atoms with Crippen LogP contribution in [0.15, 0.2) is 18.2 Å². The normalized spacial score (nSPS) is 30.2. The molecule has 1 aromatic carbocycles. The average molecular weight is 346 g/mol. The largest absolute Gasteiger partial charge is 0.493 e. The minimum Gasteiger partial charge on any atom is -0.493 e. The van der Waals surface area contributed by atoms with E-state index in [1.165, 1.54) is 7.11 Å². The number of ether oxygens (including phenoxy) is 3. The number of rotatable bonds is 7. The van der Waals surface area contributed by atoms with Crippen molar-refractivity contribution in [2.75, 3.05) is 20.3 Å². The predicted octanol–water partition coefficient (Wildman–Crippen LogP) is -1.20. The zero-order valence-electron chi connectivity index (χ0n) is 13.4. The van der Waals surface area contributed by atoms with Gasteiger partial charge < -0.3 is 39.7 Å². The fourth-order valence-electron chi connectivity index (χ4n) is 2.54. The maximum atomic E-state index is 10.0. The van der Waals surface area contributed by atoms with Crippen LogP contribution >= 0.6 is 0 Å². The zero-order valence-corrected chi connectivity index (χ0v) is 13.4. The lowest BCUT2D eigenvalue weighted by molar-refractivity contribution is -0.277. The summed E-state index contributed by atoms with van der Waals surface area (Å²) in [7, 11) is 1.46. The average Bonchev–Trinajstić information content (AvgIpc) is 2.61. The highest BCUT2D eigenvalue weighted by Crippen LogP contribution is 2.32. The smallest absolute Gasteiger partial charge is 0.229 e. The van der Waals surface area contributed by atoms with Crippen LogP contribution < -0.4 is 9.47 Å². The summed E-state index contributed by atoms with van der Waals surface area (Å²) in [6, 6.07) is 5.17. The molecule has 5 N–H and O–H groups in total. The third kappa shape index (κ3) is 4.15. The summed E-state index contributed by atoms with van der Waals surface area (Å²) in [6.07, 6.45) is -5.44. The molecule has 1 aliphatic heterocycles. The van der Waals surface area contributed by atoms with Gasteiger partial charge in [0.05, 0.1) is 13.7 Å². The lowest BCUT2D eigenvalue weighted by atomic mass is 9.99. The van der Waals surface area contributed by atoms with Gasteiger partial charge in [0.2, 0.25) is 6.29 Å². The van der Waals surface area contributed by atoms with Crippen LogP contribution in [0.1, 0.15) is 12.0 Å². The number of hydrogen-bond donors (Lipinski definition) is 5. The molecule has 1 saturated heterocycles. The van der Waals surface area contributed by atoms with Crippen molar-refractivity contribution in [3.8, 4) is 11.5 Å². The Kier molecular flexibility index (Phi) is 6.79. The monoisotopic (exact) mass is 346 g/mol. The first kappa shape index (κ1) is 18.9. The van der Waals surface area contributed by atoms with Gasteiger partial charge in [0.25, 0.3) is 0 Å². The van der Waals surface area contributed by atoms with Crippen molar-refractivity contribution in [1.82, 2.24) is 0 Å². The van der Waals surface area contributed by atoms with Crippen molar-refractivity contribution >= 4 is 0 Å². The summed E-state index contributed by atoms with van der Waals surface area (Å²) >= 11 is 0. The summed E-state index contributed by atoms with van der Waals surface area (Å²) < 4.78 is 16.1. The standard InChI is InChI=1S/C16H24O8/c1-22-11-7-9(3-2-6-17)4-5-10(11)23-16-15(21)14(20)13(19)12(8-18)24-16/h4-5,7,12-21H,2-3,6,8H2,1H3/t12-,13-,14+,15-,16-/m1/s1/i2+1,6+1. The van der Waals surface area contributed by atoms with E-state index in [4.69, 9.17) is 19.3 Å². The fraction of sp³-hybridized carbons (Fsp3) is 0.625. The van der Waals surface area contributed by atoms with Crippen molar-refractivity contribution in [3.63, 3.8) is 0 Å². The molecule has 8 heteroatoms. The van der Waals surface area contributed by atoms with Crippen molar-refractivity contribution in [2.45, 2.75) is 43.5 Å². The van der Waals surface area contributed by atoms with Crippen LogP contribution in [0.2, 0.25) is 0 Å². The lowest BCUT2D eigenvalue weighted by Gasteiger charge is -2.39. The molecule has 8 nitrogen and oxygen atoms in total. The van der Waals surface area contributed by atoms with Gasteiger partial charge in [-0.15, -0.1) is 0 Å². The Morgan fingerprint density at radius 1 is 1.04 bits per heavy atom. The van der Waals surface area contributed by atoms with E-state index in [1.54, 1.807) is 18.2 Å². The first-order valence-corrected chi connectivity index (χ1v) is 7.76. The highest BCUT2D eigenvalue weighted by Gasteiger charge is 2.44. The Labute approximate surface area is 139 Å². The van der Waals surface area contributed by atoms with E-state index in [-0.39, 0.29) is 12.4 Å². The van der Waals surface area contributed by atoms with E-state index in [0.29, 0.717) is 18.6 Å². The molecule has 0 saturated carbocycles. The number of hydrogen-bond acceptors (Lipinski definition) is 8. The second-order valence-corrected chi connectivity index (χ2v) is 5.63. The molecular weight excluding hydrogens is 322 g/mol. The number of benzene rings is 1. The van der Waals surface area contributed by atoms with Gasteiger partial charge >= 0.3 is 0 Å². The Morgan fingerprint density at radius 2 is 1.79 bits per heavy atom. The second-order valence-electron chi connectivity index (χ2n) is 5.63. The number of aliphatic hydroxyl groups is 5. The summed E-state index contributed by atoms with van der Waals surface area (Å²) in [5.74, 6) is 0.692. The van der Waals surface area contributed by atoms with Crippen LogP contribution in [0.5, 0.6) is 11.5 Å². The minimum atomic E-state index is -1.50. The topological polar surface area (TPSA) is 129 Å².